The molecule has 0 atom stereocenters. The number of aromatic nitrogens is 4. The van der Waals surface area contributed by atoms with Crippen molar-refractivity contribution < 1.29 is 5.11 Å². The van der Waals surface area contributed by atoms with Gasteiger partial charge < -0.3 is 9.67 Å². The molecule has 2 aromatic rings. The van der Waals surface area contributed by atoms with Crippen LogP contribution in [0.2, 0.25) is 0 Å². The van der Waals surface area contributed by atoms with Crippen LogP contribution in [0, 0.1) is 0 Å². The number of aliphatic hydroxyl groups is 1. The Kier molecular flexibility index (Phi) is 2.51. The van der Waals surface area contributed by atoms with Crippen molar-refractivity contribution in [2.75, 3.05) is 0 Å². The maximum Gasteiger partial charge on any atom is 0.158 e. The minimum absolute atomic E-state index is 0.0970. The average Bonchev–Trinajstić information content (AvgIpc) is 2.67. The van der Waals surface area contributed by atoms with Crippen LogP contribution in [0.15, 0.2) is 30.9 Å². The van der Waals surface area contributed by atoms with Gasteiger partial charge >= 0.3 is 0 Å². The summed E-state index contributed by atoms with van der Waals surface area (Å²) >= 11 is 0. The number of nitrogens with zero attached hydrogens (tertiary/aromatic N) is 4. The zero-order valence-corrected chi connectivity index (χ0v) is 7.54. The summed E-state index contributed by atoms with van der Waals surface area (Å²) in [6, 6.07) is 3.84. The summed E-state index contributed by atoms with van der Waals surface area (Å²) in [6.45, 7) is 0.539. The molecule has 0 spiro atoms. The Morgan fingerprint density at radius 2 is 2.36 bits per heavy atom. The molecule has 0 unspecified atom stereocenters. The third-order valence-electron chi connectivity index (χ3n) is 1.91. The SMILES string of the molecule is OCc1nncn1Cc1cccnc1. The highest BCUT2D eigenvalue weighted by atomic mass is 16.3. The fourth-order valence-corrected chi connectivity index (χ4v) is 1.22. The highest BCUT2D eigenvalue weighted by Crippen LogP contribution is 2.02. The van der Waals surface area contributed by atoms with Gasteiger partial charge in [-0.1, -0.05) is 6.07 Å². The minimum atomic E-state index is -0.0970. The van der Waals surface area contributed by atoms with Gasteiger partial charge in [-0.05, 0) is 11.6 Å². The van der Waals surface area contributed by atoms with Crippen molar-refractivity contribution in [2.24, 2.45) is 0 Å². The predicted octanol–water partition coefficient (Wildman–Crippen LogP) is 0.214. The summed E-state index contributed by atoms with van der Waals surface area (Å²) in [4.78, 5) is 4.00. The van der Waals surface area contributed by atoms with E-state index in [-0.39, 0.29) is 6.61 Å². The van der Waals surface area contributed by atoms with Crippen LogP contribution < -0.4 is 0 Å². The van der Waals surface area contributed by atoms with Crippen molar-refractivity contribution in [3.63, 3.8) is 0 Å². The van der Waals surface area contributed by atoms with E-state index in [1.165, 1.54) is 0 Å². The second kappa shape index (κ2) is 3.97. The van der Waals surface area contributed by atoms with Crippen LogP contribution in [0.1, 0.15) is 11.4 Å². The first-order valence-electron chi connectivity index (χ1n) is 4.26. The lowest BCUT2D eigenvalue weighted by Gasteiger charge is -2.03. The van der Waals surface area contributed by atoms with Crippen LogP contribution in [-0.2, 0) is 13.2 Å². The van der Waals surface area contributed by atoms with Gasteiger partial charge in [-0.3, -0.25) is 4.98 Å². The second-order valence-corrected chi connectivity index (χ2v) is 2.89. The first kappa shape index (κ1) is 8.83. The molecule has 0 radical (unpaired) electrons. The fourth-order valence-electron chi connectivity index (χ4n) is 1.22. The summed E-state index contributed by atoms with van der Waals surface area (Å²) < 4.78 is 1.79. The summed E-state index contributed by atoms with van der Waals surface area (Å²) in [6.07, 6.45) is 5.10. The fraction of sp³-hybridized carbons (Fsp3) is 0.222. The lowest BCUT2D eigenvalue weighted by molar-refractivity contribution is 0.265. The van der Waals surface area contributed by atoms with Crippen LogP contribution in [0.25, 0.3) is 0 Å². The van der Waals surface area contributed by atoms with Gasteiger partial charge in [0, 0.05) is 12.4 Å². The molecule has 14 heavy (non-hydrogen) atoms. The van der Waals surface area contributed by atoms with Gasteiger partial charge in [0.05, 0.1) is 6.54 Å². The number of hydrogen-bond acceptors (Lipinski definition) is 4. The molecule has 2 heterocycles. The molecule has 0 saturated carbocycles. The van der Waals surface area contributed by atoms with Crippen LogP contribution in [-0.4, -0.2) is 24.9 Å². The molecule has 0 aliphatic rings. The van der Waals surface area contributed by atoms with Crippen LogP contribution in [0.3, 0.4) is 0 Å². The molecule has 2 rings (SSSR count). The number of rotatable bonds is 3. The number of pyridine rings is 1. The standard InChI is InChI=1S/C9H10N4O/c14-6-9-12-11-7-13(9)5-8-2-1-3-10-4-8/h1-4,7,14H,5-6H2. The molecule has 0 aliphatic heterocycles. The van der Waals surface area contributed by atoms with E-state index in [2.05, 4.69) is 15.2 Å². The topological polar surface area (TPSA) is 63.8 Å². The van der Waals surface area contributed by atoms with Crippen LogP contribution >= 0.6 is 0 Å². The molecule has 1 N–H and O–H groups in total. The van der Waals surface area contributed by atoms with E-state index in [9.17, 15) is 0 Å². The molecule has 0 aliphatic carbocycles. The van der Waals surface area contributed by atoms with E-state index in [0.29, 0.717) is 12.4 Å². The van der Waals surface area contributed by atoms with E-state index >= 15 is 0 Å². The van der Waals surface area contributed by atoms with E-state index < -0.39 is 0 Å². The number of aliphatic hydroxyl groups excluding tert-OH is 1. The van der Waals surface area contributed by atoms with Gasteiger partial charge in [-0.15, -0.1) is 10.2 Å². The van der Waals surface area contributed by atoms with Gasteiger partial charge in [-0.2, -0.15) is 0 Å². The molecule has 0 aromatic carbocycles. The van der Waals surface area contributed by atoms with Gasteiger partial charge in [0.1, 0.15) is 12.9 Å². The first-order chi connectivity index (χ1) is 6.90. The van der Waals surface area contributed by atoms with E-state index in [0.717, 1.165) is 5.56 Å². The molecule has 2 aromatic heterocycles. The highest BCUT2D eigenvalue weighted by Gasteiger charge is 2.02. The van der Waals surface area contributed by atoms with Crippen molar-refractivity contribution >= 4 is 0 Å². The van der Waals surface area contributed by atoms with Crippen molar-refractivity contribution in [1.29, 1.82) is 0 Å². The molecule has 5 heteroatoms. The highest BCUT2D eigenvalue weighted by molar-refractivity contribution is 5.09. The summed E-state index contributed by atoms with van der Waals surface area (Å²) in [5.74, 6) is 0.564. The molecule has 0 fully saturated rings. The Morgan fingerprint density at radius 3 is 3.07 bits per heavy atom. The lowest BCUT2D eigenvalue weighted by Crippen LogP contribution is -2.04. The number of hydrogen-bond donors (Lipinski definition) is 1. The van der Waals surface area contributed by atoms with Gasteiger partial charge in [0.2, 0.25) is 0 Å². The maximum absolute atomic E-state index is 8.95. The molecular weight excluding hydrogens is 180 g/mol. The maximum atomic E-state index is 8.95. The third-order valence-corrected chi connectivity index (χ3v) is 1.91. The predicted molar refractivity (Wildman–Crippen MR) is 49.3 cm³/mol. The molecule has 0 bridgehead atoms. The van der Waals surface area contributed by atoms with E-state index in [1.54, 1.807) is 23.3 Å². The zero-order chi connectivity index (χ0) is 9.80. The quantitative estimate of drug-likeness (QED) is 0.751. The van der Waals surface area contributed by atoms with E-state index in [1.807, 2.05) is 12.1 Å². The molecule has 72 valence electrons. The summed E-state index contributed by atoms with van der Waals surface area (Å²) in [5, 5.41) is 16.4. The first-order valence-corrected chi connectivity index (χ1v) is 4.26. The Bertz CT molecular complexity index is 398. The van der Waals surface area contributed by atoms with Gasteiger partial charge in [0.25, 0.3) is 0 Å². The van der Waals surface area contributed by atoms with Crippen molar-refractivity contribution in [1.82, 2.24) is 19.7 Å². The Balaban J connectivity index is 2.19. The third kappa shape index (κ3) is 1.77. The largest absolute Gasteiger partial charge is 0.388 e. The van der Waals surface area contributed by atoms with Crippen molar-refractivity contribution in [2.45, 2.75) is 13.2 Å². The Labute approximate surface area is 81.1 Å². The zero-order valence-electron chi connectivity index (χ0n) is 7.54. The van der Waals surface area contributed by atoms with Gasteiger partial charge in [-0.25, -0.2) is 0 Å². The van der Waals surface area contributed by atoms with E-state index in [4.69, 9.17) is 5.11 Å². The minimum Gasteiger partial charge on any atom is -0.388 e. The smallest absolute Gasteiger partial charge is 0.158 e. The lowest BCUT2D eigenvalue weighted by atomic mass is 10.3. The average molecular weight is 190 g/mol. The molecule has 5 nitrogen and oxygen atoms in total. The second-order valence-electron chi connectivity index (χ2n) is 2.89. The monoisotopic (exact) mass is 190 g/mol. The van der Waals surface area contributed by atoms with Crippen molar-refractivity contribution in [3.8, 4) is 0 Å². The van der Waals surface area contributed by atoms with Crippen molar-refractivity contribution in [3.05, 3.63) is 42.2 Å². The summed E-state index contributed by atoms with van der Waals surface area (Å²) in [7, 11) is 0. The Morgan fingerprint density at radius 1 is 1.43 bits per heavy atom. The summed E-state index contributed by atoms with van der Waals surface area (Å²) in [5.41, 5.74) is 1.06. The normalized spacial score (nSPS) is 10.4. The van der Waals surface area contributed by atoms with Crippen LogP contribution in [0.5, 0.6) is 0 Å². The molecular formula is C9H10N4O. The van der Waals surface area contributed by atoms with Crippen LogP contribution in [0.4, 0.5) is 0 Å². The van der Waals surface area contributed by atoms with Gasteiger partial charge in [0.15, 0.2) is 5.82 Å². The Hall–Kier alpha value is -1.75. The molecule has 0 amide bonds. The molecule has 0 saturated heterocycles.